The summed E-state index contributed by atoms with van der Waals surface area (Å²) in [4.78, 5) is 1.26. The first-order chi connectivity index (χ1) is 9.83. The maximum Gasteiger partial charge on any atom is 0.0662 e. The van der Waals surface area contributed by atoms with Gasteiger partial charge in [-0.25, -0.2) is 0 Å². The molecule has 0 unspecified atom stereocenters. The fraction of sp³-hybridized carbons (Fsp3) is 0.333. The molecule has 2 heteroatoms. The van der Waals surface area contributed by atoms with Crippen LogP contribution in [0.25, 0.3) is 11.1 Å². The summed E-state index contributed by atoms with van der Waals surface area (Å²) in [5.41, 5.74) is 2.50. The van der Waals surface area contributed by atoms with Crippen LogP contribution in [-0.2, 0) is 0 Å². The van der Waals surface area contributed by atoms with Crippen LogP contribution in [0.3, 0.4) is 0 Å². The van der Waals surface area contributed by atoms with Crippen LogP contribution in [-0.4, -0.2) is 16.5 Å². The smallest absolute Gasteiger partial charge is 0.0662 e. The van der Waals surface area contributed by atoms with Crippen LogP contribution < -0.4 is 0 Å². The lowest BCUT2D eigenvalue weighted by molar-refractivity contribution is 0.137. The molecule has 20 heavy (non-hydrogen) atoms. The van der Waals surface area contributed by atoms with Gasteiger partial charge in [0, 0.05) is 10.1 Å². The lowest BCUT2D eigenvalue weighted by Crippen LogP contribution is -2.26. The van der Waals surface area contributed by atoms with Gasteiger partial charge in [-0.05, 0) is 36.1 Å². The van der Waals surface area contributed by atoms with Crippen molar-refractivity contribution in [2.45, 2.75) is 41.9 Å². The SMILES string of the molecule is O[C@@H]1CCCC[C@H]1Sc1cccc(-c2ccccc2)c1. The Labute approximate surface area is 125 Å². The average Bonchev–Trinajstić information content (AvgIpc) is 2.51. The third-order valence-electron chi connectivity index (χ3n) is 3.90. The molecule has 0 saturated heterocycles. The van der Waals surface area contributed by atoms with E-state index in [2.05, 4.69) is 48.5 Å². The van der Waals surface area contributed by atoms with Gasteiger partial charge in [0.1, 0.15) is 0 Å². The Morgan fingerprint density at radius 1 is 0.850 bits per heavy atom. The van der Waals surface area contributed by atoms with Gasteiger partial charge in [-0.15, -0.1) is 11.8 Å². The van der Waals surface area contributed by atoms with Crippen molar-refractivity contribution in [3.05, 3.63) is 54.6 Å². The Morgan fingerprint density at radius 3 is 2.40 bits per heavy atom. The largest absolute Gasteiger partial charge is 0.392 e. The quantitative estimate of drug-likeness (QED) is 0.877. The van der Waals surface area contributed by atoms with E-state index >= 15 is 0 Å². The van der Waals surface area contributed by atoms with Crippen LogP contribution in [0.5, 0.6) is 0 Å². The number of hydrogen-bond acceptors (Lipinski definition) is 2. The number of aliphatic hydroxyl groups excluding tert-OH is 1. The molecule has 104 valence electrons. The van der Waals surface area contributed by atoms with E-state index in [1.54, 1.807) is 0 Å². The van der Waals surface area contributed by atoms with Crippen LogP contribution in [0.1, 0.15) is 25.7 Å². The van der Waals surface area contributed by atoms with Crippen molar-refractivity contribution in [1.29, 1.82) is 0 Å². The Bertz CT molecular complexity index is 552. The molecule has 1 saturated carbocycles. The molecule has 1 aliphatic rings. The zero-order chi connectivity index (χ0) is 13.8. The second-order valence-corrected chi connectivity index (χ2v) is 6.71. The monoisotopic (exact) mass is 284 g/mol. The summed E-state index contributed by atoms with van der Waals surface area (Å²) in [5, 5.41) is 10.5. The summed E-state index contributed by atoms with van der Waals surface area (Å²) < 4.78 is 0. The number of aliphatic hydroxyl groups is 1. The zero-order valence-electron chi connectivity index (χ0n) is 11.5. The fourth-order valence-corrected chi connectivity index (χ4v) is 4.05. The van der Waals surface area contributed by atoms with E-state index in [-0.39, 0.29) is 6.10 Å². The number of hydrogen-bond donors (Lipinski definition) is 1. The maximum absolute atomic E-state index is 10.1. The van der Waals surface area contributed by atoms with Gasteiger partial charge in [0.2, 0.25) is 0 Å². The summed E-state index contributed by atoms with van der Waals surface area (Å²) in [6, 6.07) is 19.1. The predicted octanol–water partition coefficient (Wildman–Crippen LogP) is 4.75. The summed E-state index contributed by atoms with van der Waals surface area (Å²) in [5.74, 6) is 0. The molecule has 1 fully saturated rings. The maximum atomic E-state index is 10.1. The molecule has 2 aromatic rings. The van der Waals surface area contributed by atoms with E-state index in [1.165, 1.54) is 28.9 Å². The van der Waals surface area contributed by atoms with Crippen molar-refractivity contribution < 1.29 is 5.11 Å². The second-order valence-electron chi connectivity index (χ2n) is 5.40. The van der Waals surface area contributed by atoms with Crippen LogP contribution in [0.15, 0.2) is 59.5 Å². The molecule has 1 nitrogen and oxygen atoms in total. The van der Waals surface area contributed by atoms with Gasteiger partial charge in [0.15, 0.2) is 0 Å². The first kappa shape index (κ1) is 13.7. The highest BCUT2D eigenvalue weighted by molar-refractivity contribution is 8.00. The van der Waals surface area contributed by atoms with Crippen molar-refractivity contribution in [1.82, 2.24) is 0 Å². The van der Waals surface area contributed by atoms with E-state index in [4.69, 9.17) is 0 Å². The molecular weight excluding hydrogens is 264 g/mol. The van der Waals surface area contributed by atoms with Crippen LogP contribution in [0, 0.1) is 0 Å². The lowest BCUT2D eigenvalue weighted by atomic mass is 9.97. The minimum Gasteiger partial charge on any atom is -0.392 e. The minimum atomic E-state index is -0.144. The molecule has 0 spiro atoms. The van der Waals surface area contributed by atoms with Gasteiger partial charge >= 0.3 is 0 Å². The zero-order valence-corrected chi connectivity index (χ0v) is 12.4. The van der Waals surface area contributed by atoms with E-state index in [0.29, 0.717) is 5.25 Å². The minimum absolute atomic E-state index is 0.144. The Morgan fingerprint density at radius 2 is 1.60 bits per heavy atom. The van der Waals surface area contributed by atoms with Crippen LogP contribution in [0.2, 0.25) is 0 Å². The van der Waals surface area contributed by atoms with Gasteiger partial charge in [0.25, 0.3) is 0 Å². The van der Waals surface area contributed by atoms with Gasteiger partial charge in [0.05, 0.1) is 6.10 Å². The molecule has 0 bridgehead atoms. The lowest BCUT2D eigenvalue weighted by Gasteiger charge is -2.27. The second kappa shape index (κ2) is 6.47. The third-order valence-corrected chi connectivity index (χ3v) is 5.28. The molecule has 0 amide bonds. The standard InChI is InChI=1S/C18H20OS/c19-17-11-4-5-12-18(17)20-16-10-6-9-15(13-16)14-7-2-1-3-8-14/h1-3,6-10,13,17-19H,4-5,11-12H2/t17-,18-/m1/s1. The van der Waals surface area contributed by atoms with Crippen molar-refractivity contribution in [3.63, 3.8) is 0 Å². The predicted molar refractivity (Wildman–Crippen MR) is 86.0 cm³/mol. The molecule has 0 heterocycles. The summed E-state index contributed by atoms with van der Waals surface area (Å²) >= 11 is 1.83. The molecule has 0 aromatic heterocycles. The van der Waals surface area contributed by atoms with Gasteiger partial charge in [-0.2, -0.15) is 0 Å². The summed E-state index contributed by atoms with van der Waals surface area (Å²) in [6.45, 7) is 0. The van der Waals surface area contributed by atoms with E-state index in [1.807, 2.05) is 17.8 Å². The molecule has 0 radical (unpaired) electrons. The van der Waals surface area contributed by atoms with E-state index in [0.717, 1.165) is 12.8 Å². The van der Waals surface area contributed by atoms with Gasteiger partial charge in [-0.1, -0.05) is 55.3 Å². The fourth-order valence-electron chi connectivity index (χ4n) is 2.77. The third kappa shape index (κ3) is 3.25. The molecule has 2 atom stereocenters. The molecule has 2 aromatic carbocycles. The number of thioether (sulfide) groups is 1. The normalized spacial score (nSPS) is 22.6. The first-order valence-electron chi connectivity index (χ1n) is 7.33. The van der Waals surface area contributed by atoms with E-state index in [9.17, 15) is 5.11 Å². The highest BCUT2D eigenvalue weighted by atomic mass is 32.2. The molecule has 1 N–H and O–H groups in total. The molecule has 3 rings (SSSR count). The number of rotatable bonds is 3. The van der Waals surface area contributed by atoms with Crippen LogP contribution >= 0.6 is 11.8 Å². The Kier molecular flexibility index (Phi) is 4.44. The van der Waals surface area contributed by atoms with E-state index < -0.39 is 0 Å². The molecule has 1 aliphatic carbocycles. The summed E-state index contributed by atoms with van der Waals surface area (Å²) in [7, 11) is 0. The highest BCUT2D eigenvalue weighted by Crippen LogP contribution is 2.35. The van der Waals surface area contributed by atoms with Gasteiger partial charge in [-0.3, -0.25) is 0 Å². The van der Waals surface area contributed by atoms with Crippen molar-refractivity contribution >= 4 is 11.8 Å². The summed E-state index contributed by atoms with van der Waals surface area (Å²) in [6.07, 6.45) is 4.35. The van der Waals surface area contributed by atoms with Crippen molar-refractivity contribution in [2.24, 2.45) is 0 Å². The highest BCUT2D eigenvalue weighted by Gasteiger charge is 2.23. The Balaban J connectivity index is 1.78. The van der Waals surface area contributed by atoms with Crippen molar-refractivity contribution in [3.8, 4) is 11.1 Å². The average molecular weight is 284 g/mol. The van der Waals surface area contributed by atoms with Crippen LogP contribution in [0.4, 0.5) is 0 Å². The molecular formula is C18H20OS. The topological polar surface area (TPSA) is 20.2 Å². The van der Waals surface area contributed by atoms with Crippen molar-refractivity contribution in [2.75, 3.05) is 0 Å². The number of benzene rings is 2. The van der Waals surface area contributed by atoms with Gasteiger partial charge < -0.3 is 5.11 Å². The first-order valence-corrected chi connectivity index (χ1v) is 8.21. The Hall–Kier alpha value is -1.25. The molecule has 0 aliphatic heterocycles.